The van der Waals surface area contributed by atoms with E-state index in [1.54, 1.807) is 24.3 Å². The fourth-order valence-corrected chi connectivity index (χ4v) is 2.83. The molecule has 1 aliphatic heterocycles. The van der Waals surface area contributed by atoms with Crippen molar-refractivity contribution in [1.29, 1.82) is 0 Å². The van der Waals surface area contributed by atoms with Crippen LogP contribution in [0.2, 0.25) is 0 Å². The number of nitrogens with zero attached hydrogens (tertiary/aromatic N) is 1. The highest BCUT2D eigenvalue weighted by Crippen LogP contribution is 2.28. The highest BCUT2D eigenvalue weighted by molar-refractivity contribution is 6.07. The van der Waals surface area contributed by atoms with Crippen molar-refractivity contribution in [1.82, 2.24) is 0 Å². The third-order valence-electron chi connectivity index (χ3n) is 3.79. The predicted octanol–water partition coefficient (Wildman–Crippen LogP) is 3.24. The van der Waals surface area contributed by atoms with Crippen LogP contribution in [-0.4, -0.2) is 18.4 Å². The zero-order valence-electron chi connectivity index (χ0n) is 12.5. The van der Waals surface area contributed by atoms with Gasteiger partial charge in [-0.25, -0.2) is 0 Å². The molecule has 0 unspecified atom stereocenters. The Morgan fingerprint density at radius 2 is 1.91 bits per heavy atom. The van der Waals surface area contributed by atoms with Gasteiger partial charge in [0.15, 0.2) is 0 Å². The van der Waals surface area contributed by atoms with Gasteiger partial charge in [0.05, 0.1) is 0 Å². The highest BCUT2D eigenvalue weighted by atomic mass is 16.2. The molecule has 1 heterocycles. The van der Waals surface area contributed by atoms with Crippen molar-refractivity contribution < 1.29 is 9.59 Å². The second kappa shape index (κ2) is 6.02. The van der Waals surface area contributed by atoms with Gasteiger partial charge in [-0.15, -0.1) is 0 Å². The first kappa shape index (κ1) is 14.3. The molecule has 2 aromatic carbocycles. The zero-order chi connectivity index (χ0) is 15.5. The number of aryl methyl sites for hydroxylation is 1. The van der Waals surface area contributed by atoms with Crippen LogP contribution in [0.15, 0.2) is 48.5 Å². The molecule has 1 aliphatic rings. The number of amides is 2. The quantitative estimate of drug-likeness (QED) is 0.924. The summed E-state index contributed by atoms with van der Waals surface area (Å²) in [4.78, 5) is 25.8. The van der Waals surface area contributed by atoms with E-state index in [0.29, 0.717) is 11.3 Å². The monoisotopic (exact) mass is 294 g/mol. The lowest BCUT2D eigenvalue weighted by molar-refractivity contribution is -0.114. The number of carbonyl (C=O) groups excluding carboxylic acids is 2. The fraction of sp³-hybridized carbons (Fsp3) is 0.222. The molecule has 2 amide bonds. The molecule has 0 bridgehead atoms. The number of hydrogen-bond acceptors (Lipinski definition) is 2. The van der Waals surface area contributed by atoms with E-state index in [9.17, 15) is 9.59 Å². The van der Waals surface area contributed by atoms with Gasteiger partial charge in [0.2, 0.25) is 5.91 Å². The second-order valence-electron chi connectivity index (χ2n) is 5.45. The van der Waals surface area contributed by atoms with Crippen molar-refractivity contribution in [2.45, 2.75) is 19.8 Å². The van der Waals surface area contributed by atoms with Gasteiger partial charge in [-0.2, -0.15) is 0 Å². The van der Waals surface area contributed by atoms with Crippen molar-refractivity contribution >= 4 is 23.2 Å². The third kappa shape index (κ3) is 2.86. The topological polar surface area (TPSA) is 49.4 Å². The summed E-state index contributed by atoms with van der Waals surface area (Å²) >= 11 is 0. The molecule has 2 aromatic rings. The number of hydrogen-bond donors (Lipinski definition) is 1. The number of anilines is 2. The van der Waals surface area contributed by atoms with Gasteiger partial charge in [-0.1, -0.05) is 24.3 Å². The van der Waals surface area contributed by atoms with Crippen molar-refractivity contribution in [3.8, 4) is 0 Å². The van der Waals surface area contributed by atoms with Crippen LogP contribution < -0.4 is 10.2 Å². The van der Waals surface area contributed by atoms with E-state index in [1.165, 1.54) is 12.5 Å². The van der Waals surface area contributed by atoms with Crippen molar-refractivity contribution in [3.63, 3.8) is 0 Å². The summed E-state index contributed by atoms with van der Waals surface area (Å²) in [7, 11) is 0. The van der Waals surface area contributed by atoms with Gasteiger partial charge >= 0.3 is 0 Å². The number of para-hydroxylation sites is 1. The summed E-state index contributed by atoms with van der Waals surface area (Å²) in [5, 5.41) is 2.71. The molecule has 0 aromatic heterocycles. The molecule has 3 rings (SSSR count). The highest BCUT2D eigenvalue weighted by Gasteiger charge is 2.23. The molecule has 112 valence electrons. The maximum Gasteiger partial charge on any atom is 0.258 e. The zero-order valence-corrected chi connectivity index (χ0v) is 12.5. The minimum absolute atomic E-state index is 0.0284. The van der Waals surface area contributed by atoms with E-state index in [-0.39, 0.29) is 11.8 Å². The molecule has 4 nitrogen and oxygen atoms in total. The maximum absolute atomic E-state index is 12.8. The Morgan fingerprint density at radius 1 is 1.09 bits per heavy atom. The summed E-state index contributed by atoms with van der Waals surface area (Å²) < 4.78 is 0. The van der Waals surface area contributed by atoms with Crippen LogP contribution in [0.25, 0.3) is 0 Å². The molecule has 0 atom stereocenters. The molecule has 0 aliphatic carbocycles. The molecule has 22 heavy (non-hydrogen) atoms. The lowest BCUT2D eigenvalue weighted by Crippen LogP contribution is -2.35. The molecule has 0 spiro atoms. The maximum atomic E-state index is 12.8. The van der Waals surface area contributed by atoms with Gasteiger partial charge in [0.1, 0.15) is 0 Å². The van der Waals surface area contributed by atoms with Crippen molar-refractivity contribution in [2.24, 2.45) is 0 Å². The molecule has 0 radical (unpaired) electrons. The molecule has 0 saturated carbocycles. The Kier molecular flexibility index (Phi) is 3.92. The van der Waals surface area contributed by atoms with Crippen LogP contribution >= 0.6 is 0 Å². The number of benzene rings is 2. The van der Waals surface area contributed by atoms with Crippen LogP contribution in [0.4, 0.5) is 11.4 Å². The van der Waals surface area contributed by atoms with E-state index in [4.69, 9.17) is 0 Å². The SMILES string of the molecule is CC(=O)Nc1cccc(C(=O)N2CCCc3ccccc32)c1. The van der Waals surface area contributed by atoms with E-state index in [0.717, 1.165) is 25.1 Å². The Hall–Kier alpha value is -2.62. The summed E-state index contributed by atoms with van der Waals surface area (Å²) in [6, 6.07) is 15.1. The first-order valence-corrected chi connectivity index (χ1v) is 7.42. The molecule has 0 fully saturated rings. The standard InChI is InChI=1S/C18H18N2O2/c1-13(21)19-16-9-4-7-15(12-16)18(22)20-11-5-8-14-6-2-3-10-17(14)20/h2-4,6-7,9-10,12H,5,8,11H2,1H3,(H,19,21). The smallest absolute Gasteiger partial charge is 0.258 e. The second-order valence-corrected chi connectivity index (χ2v) is 5.45. The lowest BCUT2D eigenvalue weighted by atomic mass is 10.0. The van der Waals surface area contributed by atoms with E-state index in [2.05, 4.69) is 11.4 Å². The normalized spacial score (nSPS) is 13.4. The first-order valence-electron chi connectivity index (χ1n) is 7.42. The Bertz CT molecular complexity index is 725. The minimum atomic E-state index is -0.145. The van der Waals surface area contributed by atoms with Gasteiger partial charge in [-0.3, -0.25) is 9.59 Å². The third-order valence-corrected chi connectivity index (χ3v) is 3.79. The largest absolute Gasteiger partial charge is 0.326 e. The first-order chi connectivity index (χ1) is 10.6. The van der Waals surface area contributed by atoms with Crippen LogP contribution in [0.1, 0.15) is 29.3 Å². The predicted molar refractivity (Wildman–Crippen MR) is 87.2 cm³/mol. The van der Waals surface area contributed by atoms with Crippen LogP contribution in [0.5, 0.6) is 0 Å². The summed E-state index contributed by atoms with van der Waals surface area (Å²) in [5.41, 5.74) is 3.43. The van der Waals surface area contributed by atoms with E-state index in [1.807, 2.05) is 23.1 Å². The molecular weight excluding hydrogens is 276 g/mol. The Balaban J connectivity index is 1.90. The summed E-state index contributed by atoms with van der Waals surface area (Å²) in [6.45, 7) is 2.18. The Morgan fingerprint density at radius 3 is 2.73 bits per heavy atom. The van der Waals surface area contributed by atoms with E-state index < -0.39 is 0 Å². The van der Waals surface area contributed by atoms with Crippen molar-refractivity contribution in [2.75, 3.05) is 16.8 Å². The van der Waals surface area contributed by atoms with Gasteiger partial charge in [-0.05, 0) is 42.7 Å². The molecule has 1 N–H and O–H groups in total. The van der Waals surface area contributed by atoms with Crippen LogP contribution in [0, 0.1) is 0 Å². The molecule has 0 saturated heterocycles. The number of fused-ring (bicyclic) bond motifs is 1. The number of nitrogens with one attached hydrogen (secondary N) is 1. The summed E-state index contributed by atoms with van der Waals surface area (Å²) in [6.07, 6.45) is 1.97. The Labute approximate surface area is 129 Å². The van der Waals surface area contributed by atoms with Gasteiger partial charge in [0.25, 0.3) is 5.91 Å². The number of carbonyl (C=O) groups is 2. The van der Waals surface area contributed by atoms with Crippen LogP contribution in [-0.2, 0) is 11.2 Å². The average molecular weight is 294 g/mol. The fourth-order valence-electron chi connectivity index (χ4n) is 2.83. The van der Waals surface area contributed by atoms with Crippen molar-refractivity contribution in [3.05, 3.63) is 59.7 Å². The van der Waals surface area contributed by atoms with E-state index >= 15 is 0 Å². The van der Waals surface area contributed by atoms with Gasteiger partial charge < -0.3 is 10.2 Å². The number of rotatable bonds is 2. The molecular formula is C18H18N2O2. The lowest BCUT2D eigenvalue weighted by Gasteiger charge is -2.29. The van der Waals surface area contributed by atoms with Crippen LogP contribution in [0.3, 0.4) is 0 Å². The minimum Gasteiger partial charge on any atom is -0.326 e. The summed E-state index contributed by atoms with van der Waals surface area (Å²) in [5.74, 6) is -0.174. The average Bonchev–Trinajstić information content (AvgIpc) is 2.53. The van der Waals surface area contributed by atoms with Gasteiger partial charge in [0, 0.05) is 30.4 Å². The molecule has 4 heteroatoms.